The minimum atomic E-state index is -3.44. The molecule has 2 N–H and O–H groups in total. The van der Waals surface area contributed by atoms with Gasteiger partial charge >= 0.3 is 0 Å². The number of nitro benzene ring substituents is 1. The van der Waals surface area contributed by atoms with Crippen LogP contribution < -0.4 is 10.6 Å². The van der Waals surface area contributed by atoms with E-state index in [1.165, 1.54) is 18.2 Å². The van der Waals surface area contributed by atoms with E-state index < -0.39 is 14.8 Å². The van der Waals surface area contributed by atoms with Crippen molar-refractivity contribution in [3.8, 4) is 0 Å². The van der Waals surface area contributed by atoms with Crippen LogP contribution in [0.4, 0.5) is 11.4 Å². The molecule has 1 aromatic carbocycles. The van der Waals surface area contributed by atoms with E-state index in [4.69, 9.17) is 5.73 Å². The first kappa shape index (κ1) is 21.9. The highest BCUT2D eigenvalue weighted by Crippen LogP contribution is 2.32. The molecule has 0 spiro atoms. The molecule has 0 aliphatic carbocycles. The molecule has 0 radical (unpaired) electrons. The first-order valence-electron chi connectivity index (χ1n) is 6.76. The van der Waals surface area contributed by atoms with Gasteiger partial charge in [0, 0.05) is 31.5 Å². The number of nitrogens with two attached hydrogens (primary N) is 1. The maximum Gasteiger partial charge on any atom is 0.271 e. The summed E-state index contributed by atoms with van der Waals surface area (Å²) in [7, 11) is -3.44. The molecule has 0 aromatic heterocycles. The smallest absolute Gasteiger partial charge is 0.271 e. The van der Waals surface area contributed by atoms with Crippen molar-refractivity contribution in [2.24, 2.45) is 11.7 Å². The van der Waals surface area contributed by atoms with Gasteiger partial charge in [-0.05, 0) is 31.4 Å². The monoisotopic (exact) mass is 385 g/mol. The molecule has 0 saturated carbocycles. The van der Waals surface area contributed by atoms with Crippen LogP contribution in [-0.2, 0) is 9.84 Å². The molecule has 1 fully saturated rings. The Labute approximate surface area is 148 Å². The quantitative estimate of drug-likeness (QED) is 0.627. The van der Waals surface area contributed by atoms with E-state index in [0.717, 1.165) is 19.1 Å². The molecule has 0 bridgehead atoms. The van der Waals surface area contributed by atoms with Crippen molar-refractivity contribution in [1.29, 1.82) is 0 Å². The van der Waals surface area contributed by atoms with Crippen LogP contribution in [0.3, 0.4) is 0 Å². The van der Waals surface area contributed by atoms with E-state index in [9.17, 15) is 18.5 Å². The lowest BCUT2D eigenvalue weighted by molar-refractivity contribution is -0.384. The molecule has 1 aliphatic rings. The van der Waals surface area contributed by atoms with Crippen LogP contribution in [0, 0.1) is 16.0 Å². The molecule has 1 heterocycles. The van der Waals surface area contributed by atoms with Gasteiger partial charge in [-0.25, -0.2) is 8.42 Å². The third kappa shape index (κ3) is 5.20. The van der Waals surface area contributed by atoms with Gasteiger partial charge in [-0.1, -0.05) is 0 Å². The molecule has 2 rings (SSSR count). The lowest BCUT2D eigenvalue weighted by Crippen LogP contribution is -2.39. The van der Waals surface area contributed by atoms with Crippen LogP contribution in [0.1, 0.15) is 12.8 Å². The number of halogens is 2. The summed E-state index contributed by atoms with van der Waals surface area (Å²) < 4.78 is 23.8. The second kappa shape index (κ2) is 8.68. The zero-order valence-electron chi connectivity index (χ0n) is 12.7. The van der Waals surface area contributed by atoms with Crippen molar-refractivity contribution in [2.45, 2.75) is 17.7 Å². The largest absolute Gasteiger partial charge is 0.370 e. The lowest BCUT2D eigenvalue weighted by Gasteiger charge is -2.34. The van der Waals surface area contributed by atoms with Crippen molar-refractivity contribution in [2.75, 3.05) is 30.8 Å². The second-order valence-electron chi connectivity index (χ2n) is 5.37. The first-order chi connectivity index (χ1) is 9.82. The number of anilines is 1. The van der Waals surface area contributed by atoms with Gasteiger partial charge in [0.1, 0.15) is 0 Å². The zero-order chi connectivity index (χ0) is 15.6. The van der Waals surface area contributed by atoms with Crippen LogP contribution in [-0.4, -0.2) is 39.2 Å². The maximum atomic E-state index is 11.9. The third-order valence-corrected chi connectivity index (χ3v) is 4.89. The minimum Gasteiger partial charge on any atom is -0.370 e. The number of hydrogen-bond donors (Lipinski definition) is 1. The van der Waals surface area contributed by atoms with E-state index in [1.54, 1.807) is 0 Å². The van der Waals surface area contributed by atoms with Gasteiger partial charge in [0.25, 0.3) is 5.69 Å². The predicted octanol–water partition coefficient (Wildman–Crippen LogP) is 2.02. The van der Waals surface area contributed by atoms with Crippen molar-refractivity contribution >= 4 is 46.0 Å². The Balaban J connectivity index is 0.00000242. The maximum absolute atomic E-state index is 11.9. The Kier molecular flexibility index (Phi) is 8.26. The standard InChI is InChI=1S/C13H19N3O4S.2ClH/c1-21(19,20)13-5-4-11(16(17)18)7-12(13)15-6-2-3-10(8-14)9-15;;/h4-5,7,10H,2-3,6,8-9,14H2,1H3;2*1H. The summed E-state index contributed by atoms with van der Waals surface area (Å²) in [5, 5.41) is 10.9. The Bertz CT molecular complexity index is 655. The van der Waals surface area contributed by atoms with Gasteiger partial charge in [-0.15, -0.1) is 24.8 Å². The summed E-state index contributed by atoms with van der Waals surface area (Å²) in [4.78, 5) is 12.4. The summed E-state index contributed by atoms with van der Waals surface area (Å²) in [5.41, 5.74) is 6.00. The summed E-state index contributed by atoms with van der Waals surface area (Å²) in [6.45, 7) is 1.83. The number of nitrogens with zero attached hydrogens (tertiary/aromatic N) is 2. The van der Waals surface area contributed by atoms with Crippen molar-refractivity contribution in [3.63, 3.8) is 0 Å². The first-order valence-corrected chi connectivity index (χ1v) is 8.65. The molecule has 132 valence electrons. The number of sulfone groups is 1. The number of non-ortho nitro benzene ring substituents is 1. The normalized spacial score (nSPS) is 17.8. The fraction of sp³-hybridized carbons (Fsp3) is 0.538. The molecule has 1 saturated heterocycles. The number of rotatable bonds is 4. The third-order valence-electron chi connectivity index (χ3n) is 3.75. The molecule has 1 aliphatic heterocycles. The summed E-state index contributed by atoms with van der Waals surface area (Å²) in [6, 6.07) is 3.88. The van der Waals surface area contributed by atoms with E-state index in [0.29, 0.717) is 25.3 Å². The second-order valence-corrected chi connectivity index (χ2v) is 7.36. The van der Waals surface area contributed by atoms with Gasteiger partial charge in [0.2, 0.25) is 0 Å². The number of benzene rings is 1. The number of piperidine rings is 1. The average molecular weight is 386 g/mol. The number of hydrogen-bond acceptors (Lipinski definition) is 6. The Morgan fingerprint density at radius 1 is 1.39 bits per heavy atom. The molecule has 10 heteroatoms. The van der Waals surface area contributed by atoms with E-state index in [2.05, 4.69) is 0 Å². The molecular formula is C13H21Cl2N3O4S. The summed E-state index contributed by atoms with van der Waals surface area (Å²) >= 11 is 0. The van der Waals surface area contributed by atoms with Crippen LogP contribution in [0.15, 0.2) is 23.1 Å². The van der Waals surface area contributed by atoms with Gasteiger partial charge in [-0.3, -0.25) is 10.1 Å². The fourth-order valence-electron chi connectivity index (χ4n) is 2.66. The SMILES string of the molecule is CS(=O)(=O)c1ccc([N+](=O)[O-])cc1N1CCCC(CN)C1.Cl.Cl. The van der Waals surface area contributed by atoms with Crippen LogP contribution in [0.5, 0.6) is 0 Å². The molecule has 1 aromatic rings. The highest BCUT2D eigenvalue weighted by molar-refractivity contribution is 7.90. The minimum absolute atomic E-state index is 0. The van der Waals surface area contributed by atoms with Crippen molar-refractivity contribution in [3.05, 3.63) is 28.3 Å². The van der Waals surface area contributed by atoms with Crippen molar-refractivity contribution in [1.82, 2.24) is 0 Å². The van der Waals surface area contributed by atoms with E-state index in [-0.39, 0.29) is 41.3 Å². The van der Waals surface area contributed by atoms with Crippen LogP contribution in [0.25, 0.3) is 0 Å². The average Bonchev–Trinajstić information content (AvgIpc) is 2.45. The lowest BCUT2D eigenvalue weighted by atomic mass is 9.98. The summed E-state index contributed by atoms with van der Waals surface area (Å²) in [6.07, 6.45) is 3.01. The Morgan fingerprint density at radius 3 is 2.57 bits per heavy atom. The van der Waals surface area contributed by atoms with Crippen molar-refractivity contribution < 1.29 is 13.3 Å². The predicted molar refractivity (Wildman–Crippen MR) is 94.7 cm³/mol. The highest BCUT2D eigenvalue weighted by Gasteiger charge is 2.25. The van der Waals surface area contributed by atoms with Gasteiger partial charge < -0.3 is 10.6 Å². The summed E-state index contributed by atoms with van der Waals surface area (Å²) in [5.74, 6) is 0.283. The molecular weight excluding hydrogens is 365 g/mol. The molecule has 1 unspecified atom stereocenters. The van der Waals surface area contributed by atoms with Crippen LogP contribution in [0.2, 0.25) is 0 Å². The van der Waals surface area contributed by atoms with Crippen LogP contribution >= 0.6 is 24.8 Å². The molecule has 0 amide bonds. The van der Waals surface area contributed by atoms with E-state index in [1.807, 2.05) is 4.90 Å². The molecule has 7 nitrogen and oxygen atoms in total. The Hall–Kier alpha value is -1.09. The highest BCUT2D eigenvalue weighted by atomic mass is 35.5. The number of nitro groups is 1. The topological polar surface area (TPSA) is 107 Å². The fourth-order valence-corrected chi connectivity index (χ4v) is 3.54. The Morgan fingerprint density at radius 2 is 2.04 bits per heavy atom. The van der Waals surface area contributed by atoms with Gasteiger partial charge in [0.15, 0.2) is 9.84 Å². The molecule has 1 atom stereocenters. The molecule has 23 heavy (non-hydrogen) atoms. The van der Waals surface area contributed by atoms with E-state index >= 15 is 0 Å². The van der Waals surface area contributed by atoms with Gasteiger partial charge in [0.05, 0.1) is 15.5 Å². The zero-order valence-corrected chi connectivity index (χ0v) is 15.1. The van der Waals surface area contributed by atoms with Gasteiger partial charge in [-0.2, -0.15) is 0 Å².